The fraction of sp³-hybridized carbons (Fsp3) is 0.583. The highest BCUT2D eigenvalue weighted by Gasteiger charge is 2.29. The molecule has 1 aromatic rings. The molecule has 0 spiro atoms. The molecule has 3 N–H and O–H groups in total. The van der Waals surface area contributed by atoms with Gasteiger partial charge in [-0.2, -0.15) is 0 Å². The number of urea groups is 1. The van der Waals surface area contributed by atoms with Crippen molar-refractivity contribution in [1.29, 1.82) is 0 Å². The van der Waals surface area contributed by atoms with Crippen molar-refractivity contribution in [3.05, 3.63) is 16.6 Å². The molecular weight excluding hydrogens is 266 g/mol. The van der Waals surface area contributed by atoms with Crippen molar-refractivity contribution in [3.8, 4) is 0 Å². The number of hydrogen-bond donors (Lipinski definition) is 3. The number of carboxylic acids is 1. The van der Waals surface area contributed by atoms with Crippen LogP contribution in [0, 0.1) is 5.92 Å². The van der Waals surface area contributed by atoms with Crippen molar-refractivity contribution >= 4 is 23.3 Å². The number of aromatic nitrogens is 1. The number of aliphatic carboxylic acids is 1. The van der Waals surface area contributed by atoms with Gasteiger partial charge in [-0.25, -0.2) is 14.6 Å². The van der Waals surface area contributed by atoms with E-state index in [1.54, 1.807) is 20.0 Å². The van der Waals surface area contributed by atoms with Crippen molar-refractivity contribution < 1.29 is 14.7 Å². The quantitative estimate of drug-likeness (QED) is 0.769. The first kappa shape index (κ1) is 15.4. The molecule has 7 heteroatoms. The average molecular weight is 285 g/mol. The first-order chi connectivity index (χ1) is 8.74. The van der Waals surface area contributed by atoms with Gasteiger partial charge in [0.15, 0.2) is 0 Å². The summed E-state index contributed by atoms with van der Waals surface area (Å²) >= 11 is 1.43. The Balaban J connectivity index is 2.67. The maximum absolute atomic E-state index is 11.9. The summed E-state index contributed by atoms with van der Waals surface area (Å²) in [6.07, 6.45) is 1.66. The molecule has 0 fully saturated rings. The molecule has 1 aromatic heterocycles. The SMILES string of the molecule is CC(C)C(NC(=O)NC(C)(C)c1nccs1)C(=O)O. The van der Waals surface area contributed by atoms with Gasteiger partial charge in [-0.3, -0.25) is 0 Å². The van der Waals surface area contributed by atoms with Crippen LogP contribution in [0.4, 0.5) is 4.79 Å². The summed E-state index contributed by atoms with van der Waals surface area (Å²) in [6.45, 7) is 7.11. The molecule has 6 nitrogen and oxygen atoms in total. The van der Waals surface area contributed by atoms with Crippen LogP contribution in [0.25, 0.3) is 0 Å². The molecule has 0 aliphatic rings. The number of amides is 2. The Morgan fingerprint density at radius 2 is 2.05 bits per heavy atom. The summed E-state index contributed by atoms with van der Waals surface area (Å²) < 4.78 is 0. The van der Waals surface area contributed by atoms with Gasteiger partial charge in [0, 0.05) is 11.6 Å². The zero-order valence-corrected chi connectivity index (χ0v) is 12.2. The molecule has 1 heterocycles. The van der Waals surface area contributed by atoms with E-state index in [1.807, 2.05) is 19.2 Å². The average Bonchev–Trinajstić information content (AvgIpc) is 2.78. The van der Waals surface area contributed by atoms with E-state index in [1.165, 1.54) is 11.3 Å². The van der Waals surface area contributed by atoms with Crippen LogP contribution in [-0.4, -0.2) is 28.1 Å². The number of carboxylic acid groups (broad SMARTS) is 1. The lowest BCUT2D eigenvalue weighted by molar-refractivity contribution is -0.140. The number of carbonyl (C=O) groups is 2. The van der Waals surface area contributed by atoms with Crippen LogP contribution in [0.2, 0.25) is 0 Å². The van der Waals surface area contributed by atoms with E-state index in [0.717, 1.165) is 5.01 Å². The molecule has 0 saturated carbocycles. The van der Waals surface area contributed by atoms with Crippen LogP contribution in [0.3, 0.4) is 0 Å². The van der Waals surface area contributed by atoms with Gasteiger partial charge >= 0.3 is 12.0 Å². The molecule has 0 bridgehead atoms. The molecule has 2 amide bonds. The predicted octanol–water partition coefficient (Wildman–Crippen LogP) is 1.79. The molecule has 1 unspecified atom stereocenters. The highest BCUT2D eigenvalue weighted by Crippen LogP contribution is 2.21. The number of hydrogen-bond acceptors (Lipinski definition) is 4. The topological polar surface area (TPSA) is 91.3 Å². The van der Waals surface area contributed by atoms with E-state index in [0.29, 0.717) is 0 Å². The lowest BCUT2D eigenvalue weighted by atomic mass is 10.0. The van der Waals surface area contributed by atoms with Crippen molar-refractivity contribution in [1.82, 2.24) is 15.6 Å². The second kappa shape index (κ2) is 6.01. The molecule has 0 aromatic carbocycles. The van der Waals surface area contributed by atoms with Crippen molar-refractivity contribution in [2.45, 2.75) is 39.3 Å². The second-order valence-corrected chi connectivity index (χ2v) is 6.02. The third-order valence-electron chi connectivity index (χ3n) is 2.61. The maximum Gasteiger partial charge on any atom is 0.326 e. The highest BCUT2D eigenvalue weighted by molar-refractivity contribution is 7.09. The lowest BCUT2D eigenvalue weighted by Gasteiger charge is -2.26. The molecule has 1 rings (SSSR count). The van der Waals surface area contributed by atoms with Crippen LogP contribution in [0.1, 0.15) is 32.7 Å². The molecule has 1 atom stereocenters. The third kappa shape index (κ3) is 4.20. The summed E-state index contributed by atoms with van der Waals surface area (Å²) in [5, 5.41) is 16.8. The second-order valence-electron chi connectivity index (χ2n) is 5.12. The summed E-state index contributed by atoms with van der Waals surface area (Å²) in [6, 6.07) is -1.42. The predicted molar refractivity (Wildman–Crippen MR) is 73.1 cm³/mol. The van der Waals surface area contributed by atoms with Gasteiger partial charge in [-0.15, -0.1) is 11.3 Å². The molecule has 0 aliphatic carbocycles. The zero-order chi connectivity index (χ0) is 14.6. The molecule has 106 valence electrons. The minimum absolute atomic E-state index is 0.189. The first-order valence-corrected chi connectivity index (χ1v) is 6.83. The van der Waals surface area contributed by atoms with E-state index in [2.05, 4.69) is 15.6 Å². The maximum atomic E-state index is 11.9. The fourth-order valence-corrected chi connectivity index (χ4v) is 2.28. The first-order valence-electron chi connectivity index (χ1n) is 5.95. The van der Waals surface area contributed by atoms with Crippen LogP contribution in [0.15, 0.2) is 11.6 Å². The van der Waals surface area contributed by atoms with Gasteiger partial charge in [0.1, 0.15) is 11.0 Å². The summed E-state index contributed by atoms with van der Waals surface area (Å²) in [5.74, 6) is -1.23. The van der Waals surface area contributed by atoms with Gasteiger partial charge in [0.05, 0.1) is 5.54 Å². The minimum Gasteiger partial charge on any atom is -0.480 e. The Hall–Kier alpha value is -1.63. The largest absolute Gasteiger partial charge is 0.480 e. The van der Waals surface area contributed by atoms with Gasteiger partial charge < -0.3 is 15.7 Å². The number of carbonyl (C=O) groups excluding carboxylic acids is 1. The van der Waals surface area contributed by atoms with Crippen LogP contribution in [-0.2, 0) is 10.3 Å². The Kier molecular flexibility index (Phi) is 4.88. The highest BCUT2D eigenvalue weighted by atomic mass is 32.1. The van der Waals surface area contributed by atoms with Gasteiger partial charge in [-0.1, -0.05) is 13.8 Å². The zero-order valence-electron chi connectivity index (χ0n) is 11.4. The molecule has 19 heavy (non-hydrogen) atoms. The Bertz CT molecular complexity index is 443. The number of nitrogens with zero attached hydrogens (tertiary/aromatic N) is 1. The summed E-state index contributed by atoms with van der Waals surface area (Å²) in [5.41, 5.74) is -0.641. The number of rotatable bonds is 5. The summed E-state index contributed by atoms with van der Waals surface area (Å²) in [7, 11) is 0. The smallest absolute Gasteiger partial charge is 0.326 e. The van der Waals surface area contributed by atoms with Gasteiger partial charge in [0.25, 0.3) is 0 Å². The van der Waals surface area contributed by atoms with Gasteiger partial charge in [0.2, 0.25) is 0 Å². The van der Waals surface area contributed by atoms with E-state index in [4.69, 9.17) is 5.11 Å². The third-order valence-corrected chi connectivity index (χ3v) is 3.71. The van der Waals surface area contributed by atoms with Gasteiger partial charge in [-0.05, 0) is 19.8 Å². The normalized spacial score (nSPS) is 13.1. The Morgan fingerprint density at radius 3 is 2.47 bits per heavy atom. The van der Waals surface area contributed by atoms with E-state index >= 15 is 0 Å². The molecular formula is C12H19N3O3S. The monoisotopic (exact) mass is 285 g/mol. The van der Waals surface area contributed by atoms with E-state index in [9.17, 15) is 9.59 Å². The Labute approximate surface area is 116 Å². The Morgan fingerprint density at radius 1 is 1.42 bits per heavy atom. The molecule has 0 saturated heterocycles. The lowest BCUT2D eigenvalue weighted by Crippen LogP contribution is -2.53. The standard InChI is InChI=1S/C12H19N3O3S/c1-7(2)8(9(16)17)14-11(18)15-12(3,4)10-13-5-6-19-10/h5-8H,1-4H3,(H,16,17)(H2,14,15,18). The van der Waals surface area contributed by atoms with E-state index in [-0.39, 0.29) is 5.92 Å². The summed E-state index contributed by atoms with van der Waals surface area (Å²) in [4.78, 5) is 27.0. The molecule has 0 aliphatic heterocycles. The van der Waals surface area contributed by atoms with Crippen molar-refractivity contribution in [3.63, 3.8) is 0 Å². The minimum atomic E-state index is -1.04. The number of nitrogens with one attached hydrogen (secondary N) is 2. The fourth-order valence-electron chi connectivity index (χ4n) is 1.56. The van der Waals surface area contributed by atoms with Crippen LogP contribution in [0.5, 0.6) is 0 Å². The van der Waals surface area contributed by atoms with E-state index < -0.39 is 23.6 Å². The van der Waals surface area contributed by atoms with Crippen molar-refractivity contribution in [2.24, 2.45) is 5.92 Å². The molecule has 0 radical (unpaired) electrons. The van der Waals surface area contributed by atoms with Crippen LogP contribution < -0.4 is 10.6 Å². The van der Waals surface area contributed by atoms with Crippen LogP contribution >= 0.6 is 11.3 Å². The van der Waals surface area contributed by atoms with Crippen molar-refractivity contribution in [2.75, 3.05) is 0 Å². The number of thiazole rings is 1.